The number of rotatable bonds is 8. The lowest BCUT2D eigenvalue weighted by Crippen LogP contribution is -2.30. The number of carboxylic acid groups (broad SMARTS) is 1. The van der Waals surface area contributed by atoms with E-state index in [4.69, 9.17) is 4.52 Å². The first kappa shape index (κ1) is 20.2. The highest BCUT2D eigenvalue weighted by atomic mass is 19.1. The van der Waals surface area contributed by atoms with Gasteiger partial charge in [-0.3, -0.25) is 9.59 Å². The summed E-state index contributed by atoms with van der Waals surface area (Å²) < 4.78 is 18.9. The van der Waals surface area contributed by atoms with Crippen molar-refractivity contribution in [2.75, 3.05) is 0 Å². The fourth-order valence-electron chi connectivity index (χ4n) is 2.99. The van der Waals surface area contributed by atoms with Crippen LogP contribution in [0.15, 0.2) is 53.1 Å². The maximum atomic E-state index is 13.8. The quantitative estimate of drug-likeness (QED) is 0.603. The molecule has 8 heteroatoms. The van der Waals surface area contributed by atoms with Gasteiger partial charge in [-0.2, -0.15) is 4.98 Å². The fraction of sp³-hybridized carbons (Fsp3) is 0.238. The molecule has 0 aliphatic rings. The van der Waals surface area contributed by atoms with Gasteiger partial charge in [-0.1, -0.05) is 41.6 Å². The SMILES string of the molecule is Cc1ccccc1C(CC(=O)O)NC(=O)CCc1nc(-c2ccccc2F)no1. The molecular weight excluding hydrogens is 377 g/mol. The molecule has 0 saturated heterocycles. The van der Waals surface area contributed by atoms with Gasteiger partial charge in [-0.15, -0.1) is 0 Å². The molecule has 0 bridgehead atoms. The number of carboxylic acids is 1. The van der Waals surface area contributed by atoms with E-state index in [-0.39, 0.29) is 42.4 Å². The van der Waals surface area contributed by atoms with Crippen molar-refractivity contribution in [1.82, 2.24) is 15.5 Å². The highest BCUT2D eigenvalue weighted by Gasteiger charge is 2.20. The van der Waals surface area contributed by atoms with E-state index in [1.807, 2.05) is 19.1 Å². The normalized spacial score (nSPS) is 11.8. The van der Waals surface area contributed by atoms with Crippen LogP contribution in [0.2, 0.25) is 0 Å². The monoisotopic (exact) mass is 397 g/mol. The number of hydrogen-bond donors (Lipinski definition) is 2. The Morgan fingerprint density at radius 1 is 1.17 bits per heavy atom. The van der Waals surface area contributed by atoms with Gasteiger partial charge >= 0.3 is 5.97 Å². The predicted molar refractivity (Wildman–Crippen MR) is 102 cm³/mol. The van der Waals surface area contributed by atoms with E-state index in [1.54, 1.807) is 24.3 Å². The van der Waals surface area contributed by atoms with Gasteiger partial charge in [0.15, 0.2) is 0 Å². The van der Waals surface area contributed by atoms with E-state index in [0.717, 1.165) is 11.1 Å². The summed E-state index contributed by atoms with van der Waals surface area (Å²) in [6, 6.07) is 12.7. The summed E-state index contributed by atoms with van der Waals surface area (Å²) in [5.41, 5.74) is 1.86. The number of aromatic nitrogens is 2. The molecule has 29 heavy (non-hydrogen) atoms. The zero-order valence-electron chi connectivity index (χ0n) is 15.8. The Morgan fingerprint density at radius 3 is 2.62 bits per heavy atom. The van der Waals surface area contributed by atoms with Crippen LogP contribution in [0.1, 0.15) is 35.9 Å². The standard InChI is InChI=1S/C21H20FN3O4/c1-13-6-2-3-7-14(13)17(12-20(27)28)23-18(26)10-11-19-24-21(25-29-19)15-8-4-5-9-16(15)22/h2-9,17H,10-12H2,1H3,(H,23,26)(H,27,28). The molecule has 150 valence electrons. The molecule has 2 aromatic carbocycles. The molecule has 3 rings (SSSR count). The molecule has 0 aliphatic carbocycles. The number of carbonyl (C=O) groups excluding carboxylic acids is 1. The Balaban J connectivity index is 1.63. The maximum absolute atomic E-state index is 13.8. The zero-order chi connectivity index (χ0) is 20.8. The molecule has 1 unspecified atom stereocenters. The first-order valence-electron chi connectivity index (χ1n) is 9.08. The van der Waals surface area contributed by atoms with E-state index < -0.39 is 17.8 Å². The van der Waals surface area contributed by atoms with Gasteiger partial charge in [-0.05, 0) is 30.2 Å². The van der Waals surface area contributed by atoms with E-state index in [2.05, 4.69) is 15.5 Å². The number of halogens is 1. The molecule has 1 heterocycles. The maximum Gasteiger partial charge on any atom is 0.305 e. The third kappa shape index (κ3) is 5.25. The van der Waals surface area contributed by atoms with Crippen LogP contribution in [-0.2, 0) is 16.0 Å². The second-order valence-corrected chi connectivity index (χ2v) is 6.57. The third-order valence-corrected chi connectivity index (χ3v) is 4.43. The number of nitrogens with zero attached hydrogens (tertiary/aromatic N) is 2. The highest BCUT2D eigenvalue weighted by Crippen LogP contribution is 2.22. The van der Waals surface area contributed by atoms with Crippen LogP contribution in [-0.4, -0.2) is 27.1 Å². The van der Waals surface area contributed by atoms with Crippen molar-refractivity contribution in [1.29, 1.82) is 0 Å². The molecule has 1 amide bonds. The smallest absolute Gasteiger partial charge is 0.305 e. The number of aliphatic carboxylic acids is 1. The summed E-state index contributed by atoms with van der Waals surface area (Å²) in [7, 11) is 0. The van der Waals surface area contributed by atoms with Crippen LogP contribution in [0.5, 0.6) is 0 Å². The molecule has 7 nitrogen and oxygen atoms in total. The van der Waals surface area contributed by atoms with Crippen LogP contribution < -0.4 is 5.32 Å². The second-order valence-electron chi connectivity index (χ2n) is 6.57. The first-order valence-corrected chi connectivity index (χ1v) is 9.08. The van der Waals surface area contributed by atoms with Crippen LogP contribution in [0.25, 0.3) is 11.4 Å². The summed E-state index contributed by atoms with van der Waals surface area (Å²) in [4.78, 5) is 27.7. The van der Waals surface area contributed by atoms with E-state index in [9.17, 15) is 19.1 Å². The van der Waals surface area contributed by atoms with Gasteiger partial charge < -0.3 is 14.9 Å². The Hall–Kier alpha value is -3.55. The van der Waals surface area contributed by atoms with Crippen LogP contribution in [0.3, 0.4) is 0 Å². The average Bonchev–Trinajstić information content (AvgIpc) is 3.15. The molecule has 0 fully saturated rings. The lowest BCUT2D eigenvalue weighted by molar-refractivity contribution is -0.137. The summed E-state index contributed by atoms with van der Waals surface area (Å²) in [6.07, 6.45) is -0.0453. The van der Waals surface area contributed by atoms with Gasteiger partial charge in [0.25, 0.3) is 0 Å². The van der Waals surface area contributed by atoms with Crippen molar-refractivity contribution in [2.45, 2.75) is 32.2 Å². The third-order valence-electron chi connectivity index (χ3n) is 4.43. The fourth-order valence-corrected chi connectivity index (χ4v) is 2.99. The lowest BCUT2D eigenvalue weighted by Gasteiger charge is -2.19. The number of benzene rings is 2. The van der Waals surface area contributed by atoms with Crippen molar-refractivity contribution >= 4 is 11.9 Å². The zero-order valence-corrected chi connectivity index (χ0v) is 15.8. The van der Waals surface area contributed by atoms with Crippen LogP contribution in [0.4, 0.5) is 4.39 Å². The van der Waals surface area contributed by atoms with Crippen molar-refractivity contribution in [3.8, 4) is 11.4 Å². The van der Waals surface area contributed by atoms with Crippen molar-refractivity contribution in [2.24, 2.45) is 0 Å². The number of amides is 1. The van der Waals surface area contributed by atoms with Gasteiger partial charge in [-0.25, -0.2) is 4.39 Å². The molecule has 1 atom stereocenters. The van der Waals surface area contributed by atoms with E-state index >= 15 is 0 Å². The van der Waals surface area contributed by atoms with E-state index in [1.165, 1.54) is 12.1 Å². The molecule has 0 aliphatic heterocycles. The summed E-state index contributed by atoms with van der Waals surface area (Å²) in [5.74, 6) is -1.51. The second kappa shape index (κ2) is 9.09. The number of nitrogens with one attached hydrogen (secondary N) is 1. The van der Waals surface area contributed by atoms with Gasteiger partial charge in [0.05, 0.1) is 18.0 Å². The minimum Gasteiger partial charge on any atom is -0.481 e. The largest absolute Gasteiger partial charge is 0.481 e. The van der Waals surface area contributed by atoms with Gasteiger partial charge in [0.2, 0.25) is 17.6 Å². The minimum atomic E-state index is -1.01. The molecule has 0 spiro atoms. The predicted octanol–water partition coefficient (Wildman–Crippen LogP) is 3.45. The van der Waals surface area contributed by atoms with Gasteiger partial charge in [0, 0.05) is 12.8 Å². The molecule has 3 aromatic rings. The summed E-state index contributed by atoms with van der Waals surface area (Å²) in [5, 5.41) is 15.7. The van der Waals surface area contributed by atoms with Crippen molar-refractivity contribution in [3.05, 3.63) is 71.4 Å². The van der Waals surface area contributed by atoms with Crippen LogP contribution in [0, 0.1) is 12.7 Å². The summed E-state index contributed by atoms with van der Waals surface area (Å²) >= 11 is 0. The molecule has 1 aromatic heterocycles. The Bertz CT molecular complexity index is 1020. The topological polar surface area (TPSA) is 105 Å². The van der Waals surface area contributed by atoms with Crippen molar-refractivity contribution < 1.29 is 23.6 Å². The molecular formula is C21H20FN3O4. The number of hydrogen-bond acceptors (Lipinski definition) is 5. The Kier molecular flexibility index (Phi) is 6.33. The van der Waals surface area contributed by atoms with Gasteiger partial charge in [0.1, 0.15) is 5.82 Å². The number of carbonyl (C=O) groups is 2. The number of aryl methyl sites for hydroxylation is 2. The van der Waals surface area contributed by atoms with Crippen molar-refractivity contribution in [3.63, 3.8) is 0 Å². The van der Waals surface area contributed by atoms with E-state index in [0.29, 0.717) is 0 Å². The van der Waals surface area contributed by atoms with Crippen LogP contribution >= 0.6 is 0 Å². The summed E-state index contributed by atoms with van der Waals surface area (Å²) in [6.45, 7) is 1.86. The highest BCUT2D eigenvalue weighted by molar-refractivity contribution is 5.78. The Morgan fingerprint density at radius 2 is 1.90 bits per heavy atom. The Labute approximate surface area is 166 Å². The first-order chi connectivity index (χ1) is 13.9. The molecule has 0 radical (unpaired) electrons. The lowest BCUT2D eigenvalue weighted by atomic mass is 9.98. The molecule has 0 saturated carbocycles. The molecule has 2 N–H and O–H groups in total. The minimum absolute atomic E-state index is 0.0287. The average molecular weight is 397 g/mol.